The fourth-order valence-corrected chi connectivity index (χ4v) is 2.43. The molecule has 0 radical (unpaired) electrons. The Labute approximate surface area is 137 Å². The van der Waals surface area contributed by atoms with E-state index in [1.807, 2.05) is 30.5 Å². The van der Waals surface area contributed by atoms with E-state index in [-0.39, 0.29) is 6.04 Å². The number of rotatable bonds is 5. The first-order valence-electron chi connectivity index (χ1n) is 7.24. The zero-order valence-corrected chi connectivity index (χ0v) is 14.0. The van der Waals surface area contributed by atoms with Crippen LogP contribution in [0.1, 0.15) is 17.2 Å². The quantitative estimate of drug-likeness (QED) is 0.830. The van der Waals surface area contributed by atoms with E-state index in [2.05, 4.69) is 53.7 Å². The number of thiocarbonyl (C=S) groups is 1. The fourth-order valence-electron chi connectivity index (χ4n) is 2.24. The van der Waals surface area contributed by atoms with Crippen LogP contribution in [0.25, 0.3) is 0 Å². The molecule has 0 bridgehead atoms. The average molecular weight is 314 g/mol. The molecule has 0 aliphatic heterocycles. The van der Waals surface area contributed by atoms with Gasteiger partial charge in [0.25, 0.3) is 0 Å². The van der Waals surface area contributed by atoms with E-state index in [1.54, 1.807) is 6.20 Å². The van der Waals surface area contributed by atoms with Gasteiger partial charge in [0.1, 0.15) is 0 Å². The number of para-hydroxylation sites is 1. The van der Waals surface area contributed by atoms with Crippen molar-refractivity contribution < 1.29 is 0 Å². The Balaban J connectivity index is 1.95. The predicted molar refractivity (Wildman–Crippen MR) is 96.1 cm³/mol. The average Bonchev–Trinajstić information content (AvgIpc) is 2.50. The van der Waals surface area contributed by atoms with E-state index in [9.17, 15) is 0 Å². The van der Waals surface area contributed by atoms with E-state index in [0.29, 0.717) is 5.11 Å². The lowest BCUT2D eigenvalue weighted by molar-refractivity contribution is 0.298. The lowest BCUT2D eigenvalue weighted by Gasteiger charge is -2.25. The number of hydrogen-bond donors (Lipinski definition) is 2. The van der Waals surface area contributed by atoms with E-state index in [4.69, 9.17) is 12.2 Å². The maximum Gasteiger partial charge on any atom is 0.170 e. The van der Waals surface area contributed by atoms with Gasteiger partial charge in [0.05, 0.1) is 6.04 Å². The number of aryl methyl sites for hydroxylation is 1. The van der Waals surface area contributed by atoms with Gasteiger partial charge in [0.15, 0.2) is 5.11 Å². The van der Waals surface area contributed by atoms with Gasteiger partial charge in [0.2, 0.25) is 0 Å². The third-order valence-corrected chi connectivity index (χ3v) is 3.79. The highest BCUT2D eigenvalue weighted by atomic mass is 32.1. The Morgan fingerprint density at radius 1 is 1.23 bits per heavy atom. The third kappa shape index (κ3) is 4.51. The van der Waals surface area contributed by atoms with Gasteiger partial charge in [-0.3, -0.25) is 4.98 Å². The number of hydrogen-bond acceptors (Lipinski definition) is 3. The minimum atomic E-state index is 0.213. The topological polar surface area (TPSA) is 40.2 Å². The van der Waals surface area contributed by atoms with Crippen LogP contribution >= 0.6 is 12.2 Å². The summed E-state index contributed by atoms with van der Waals surface area (Å²) >= 11 is 5.39. The second-order valence-corrected chi connectivity index (χ2v) is 5.82. The molecular formula is C17H22N4S. The molecule has 0 saturated heterocycles. The van der Waals surface area contributed by atoms with Crippen LogP contribution in [0.4, 0.5) is 5.69 Å². The van der Waals surface area contributed by atoms with Crippen LogP contribution in [-0.2, 0) is 0 Å². The minimum Gasteiger partial charge on any atom is -0.361 e. The molecule has 0 aliphatic carbocycles. The summed E-state index contributed by atoms with van der Waals surface area (Å²) in [7, 11) is 4.11. The number of anilines is 1. The molecule has 1 aromatic heterocycles. The van der Waals surface area contributed by atoms with Gasteiger partial charge in [0, 0.05) is 24.6 Å². The molecule has 4 nitrogen and oxygen atoms in total. The zero-order valence-electron chi connectivity index (χ0n) is 13.2. The van der Waals surface area contributed by atoms with Crippen molar-refractivity contribution in [3.63, 3.8) is 0 Å². The Morgan fingerprint density at radius 3 is 2.64 bits per heavy atom. The first-order chi connectivity index (χ1) is 10.6. The van der Waals surface area contributed by atoms with Crippen molar-refractivity contribution in [3.05, 3.63) is 59.9 Å². The first kappa shape index (κ1) is 16.4. The second kappa shape index (κ2) is 7.87. The summed E-state index contributed by atoms with van der Waals surface area (Å²) in [6.07, 6.45) is 3.68. The lowest BCUT2D eigenvalue weighted by atomic mass is 10.1. The van der Waals surface area contributed by atoms with Crippen molar-refractivity contribution in [2.75, 3.05) is 26.0 Å². The molecule has 1 heterocycles. The summed E-state index contributed by atoms with van der Waals surface area (Å²) in [6, 6.07) is 12.3. The van der Waals surface area contributed by atoms with Gasteiger partial charge in [-0.1, -0.05) is 24.3 Å². The van der Waals surface area contributed by atoms with Crippen LogP contribution in [0.15, 0.2) is 48.8 Å². The van der Waals surface area contributed by atoms with Gasteiger partial charge in [-0.25, -0.2) is 0 Å². The van der Waals surface area contributed by atoms with Crippen LogP contribution in [-0.4, -0.2) is 35.6 Å². The molecule has 0 saturated carbocycles. The molecular weight excluding hydrogens is 292 g/mol. The van der Waals surface area contributed by atoms with Gasteiger partial charge in [-0.15, -0.1) is 0 Å². The molecule has 0 spiro atoms. The van der Waals surface area contributed by atoms with Gasteiger partial charge < -0.3 is 15.5 Å². The third-order valence-electron chi connectivity index (χ3n) is 3.54. The summed E-state index contributed by atoms with van der Waals surface area (Å²) in [5.41, 5.74) is 3.37. The molecule has 22 heavy (non-hydrogen) atoms. The molecule has 1 atom stereocenters. The molecule has 0 fully saturated rings. The minimum absolute atomic E-state index is 0.213. The van der Waals surface area contributed by atoms with E-state index >= 15 is 0 Å². The highest BCUT2D eigenvalue weighted by molar-refractivity contribution is 7.80. The molecule has 0 amide bonds. The number of likely N-dealkylation sites (N-methyl/N-ethyl adjacent to an activating group) is 1. The van der Waals surface area contributed by atoms with Crippen molar-refractivity contribution in [1.29, 1.82) is 0 Å². The molecule has 2 aromatic rings. The van der Waals surface area contributed by atoms with Crippen molar-refractivity contribution in [1.82, 2.24) is 15.2 Å². The van der Waals surface area contributed by atoms with Crippen LogP contribution < -0.4 is 10.6 Å². The lowest BCUT2D eigenvalue weighted by Crippen LogP contribution is -2.36. The summed E-state index contributed by atoms with van der Waals surface area (Å²) in [4.78, 5) is 6.34. The van der Waals surface area contributed by atoms with Crippen molar-refractivity contribution in [3.8, 4) is 0 Å². The van der Waals surface area contributed by atoms with Crippen LogP contribution in [0, 0.1) is 6.92 Å². The molecule has 5 heteroatoms. The highest BCUT2D eigenvalue weighted by Crippen LogP contribution is 2.16. The molecule has 0 aliphatic rings. The standard InChI is InChI=1S/C17H22N4S/c1-13-7-4-5-9-15(13)20-17(22)19-12-16(21(2)3)14-8-6-10-18-11-14/h4-11,16H,12H2,1-3H3,(H2,19,20,22)/t16-/m1/s1. The molecule has 0 unspecified atom stereocenters. The largest absolute Gasteiger partial charge is 0.361 e. The number of pyridine rings is 1. The Morgan fingerprint density at radius 2 is 2.00 bits per heavy atom. The smallest absolute Gasteiger partial charge is 0.170 e. The zero-order chi connectivity index (χ0) is 15.9. The number of aromatic nitrogens is 1. The van der Waals surface area contributed by atoms with Crippen molar-refractivity contribution >= 4 is 23.0 Å². The summed E-state index contributed by atoms with van der Waals surface area (Å²) in [5.74, 6) is 0. The van der Waals surface area contributed by atoms with Crippen molar-refractivity contribution in [2.24, 2.45) is 0 Å². The molecule has 2 rings (SSSR count). The number of nitrogens with one attached hydrogen (secondary N) is 2. The molecule has 2 N–H and O–H groups in total. The summed E-state index contributed by atoms with van der Waals surface area (Å²) < 4.78 is 0. The Hall–Kier alpha value is -1.98. The fraction of sp³-hybridized carbons (Fsp3) is 0.294. The van der Waals surface area contributed by atoms with Crippen LogP contribution in [0.3, 0.4) is 0 Å². The van der Waals surface area contributed by atoms with E-state index in [0.717, 1.165) is 12.2 Å². The highest BCUT2D eigenvalue weighted by Gasteiger charge is 2.14. The monoisotopic (exact) mass is 314 g/mol. The summed E-state index contributed by atoms with van der Waals surface area (Å²) in [6.45, 7) is 2.78. The Kier molecular flexibility index (Phi) is 5.86. The van der Waals surface area contributed by atoms with E-state index < -0.39 is 0 Å². The SMILES string of the molecule is Cc1ccccc1NC(=S)NC[C@H](c1cccnc1)N(C)C. The molecule has 1 aromatic carbocycles. The molecule has 116 valence electrons. The first-order valence-corrected chi connectivity index (χ1v) is 7.65. The predicted octanol–water partition coefficient (Wildman–Crippen LogP) is 2.98. The van der Waals surface area contributed by atoms with Gasteiger partial charge in [-0.05, 0) is 56.5 Å². The van der Waals surface area contributed by atoms with Crippen molar-refractivity contribution in [2.45, 2.75) is 13.0 Å². The number of benzene rings is 1. The maximum absolute atomic E-state index is 5.39. The summed E-state index contributed by atoms with van der Waals surface area (Å²) in [5, 5.41) is 7.16. The van der Waals surface area contributed by atoms with Crippen LogP contribution in [0.5, 0.6) is 0 Å². The maximum atomic E-state index is 5.39. The Bertz CT molecular complexity index is 613. The normalized spacial score (nSPS) is 12.0. The van der Waals surface area contributed by atoms with E-state index in [1.165, 1.54) is 11.1 Å². The van der Waals surface area contributed by atoms with Gasteiger partial charge in [-0.2, -0.15) is 0 Å². The van der Waals surface area contributed by atoms with Crippen LogP contribution in [0.2, 0.25) is 0 Å². The second-order valence-electron chi connectivity index (χ2n) is 5.42. The number of nitrogens with zero attached hydrogens (tertiary/aromatic N) is 2. The van der Waals surface area contributed by atoms with Gasteiger partial charge >= 0.3 is 0 Å².